The zero-order chi connectivity index (χ0) is 11.6. The van der Waals surface area contributed by atoms with Crippen molar-refractivity contribution in [1.29, 1.82) is 0 Å². The lowest BCUT2D eigenvalue weighted by molar-refractivity contribution is -0.154. The maximum Gasteiger partial charge on any atom is 0.407 e. The van der Waals surface area contributed by atoms with Crippen LogP contribution in [-0.4, -0.2) is 30.8 Å². The van der Waals surface area contributed by atoms with Crippen molar-refractivity contribution in [2.24, 2.45) is 5.92 Å². The highest BCUT2D eigenvalue weighted by atomic mass is 16.6. The van der Waals surface area contributed by atoms with Crippen LogP contribution in [-0.2, 0) is 14.3 Å². The highest BCUT2D eigenvalue weighted by molar-refractivity contribution is 5.76. The maximum atomic E-state index is 11.5. The number of ether oxygens (including phenoxy) is 2. The van der Waals surface area contributed by atoms with Crippen LogP contribution in [0.15, 0.2) is 0 Å². The van der Waals surface area contributed by atoms with Crippen LogP contribution in [0, 0.1) is 5.92 Å². The van der Waals surface area contributed by atoms with Gasteiger partial charge in [-0.25, -0.2) is 4.79 Å². The first-order chi connectivity index (χ1) is 7.65. The lowest BCUT2D eigenvalue weighted by Gasteiger charge is -2.41. The van der Waals surface area contributed by atoms with E-state index in [1.54, 1.807) is 0 Å². The van der Waals surface area contributed by atoms with Gasteiger partial charge in [0, 0.05) is 0 Å². The van der Waals surface area contributed by atoms with E-state index < -0.39 is 0 Å². The molecule has 1 saturated carbocycles. The minimum atomic E-state index is -0.377. The van der Waals surface area contributed by atoms with Gasteiger partial charge >= 0.3 is 12.1 Å². The second kappa shape index (κ2) is 4.31. The smallest absolute Gasteiger partial charge is 0.407 e. The summed E-state index contributed by atoms with van der Waals surface area (Å²) < 4.78 is 9.96. The Hall–Kier alpha value is -1.26. The van der Waals surface area contributed by atoms with E-state index >= 15 is 0 Å². The molecule has 16 heavy (non-hydrogen) atoms. The molecule has 0 atom stereocenters. The predicted molar refractivity (Wildman–Crippen MR) is 55.8 cm³/mol. The molecule has 2 aliphatic rings. The molecule has 0 bridgehead atoms. The monoisotopic (exact) mass is 227 g/mol. The van der Waals surface area contributed by atoms with Gasteiger partial charge in [0.05, 0.1) is 18.1 Å². The van der Waals surface area contributed by atoms with E-state index in [-0.39, 0.29) is 23.5 Å². The van der Waals surface area contributed by atoms with Gasteiger partial charge in [-0.05, 0) is 19.3 Å². The normalized spacial score (nSPS) is 31.8. The molecular weight excluding hydrogens is 210 g/mol. The zero-order valence-corrected chi connectivity index (χ0v) is 9.45. The quantitative estimate of drug-likeness (QED) is 0.579. The van der Waals surface area contributed by atoms with Crippen molar-refractivity contribution < 1.29 is 19.1 Å². The summed E-state index contributed by atoms with van der Waals surface area (Å²) in [5, 5.41) is 2.75. The van der Waals surface area contributed by atoms with Crippen LogP contribution in [0.25, 0.3) is 0 Å². The van der Waals surface area contributed by atoms with Gasteiger partial charge in [-0.2, -0.15) is 0 Å². The van der Waals surface area contributed by atoms with Crippen LogP contribution < -0.4 is 5.32 Å². The number of unbranched alkanes of at least 4 members (excludes halogenated alkanes) is 1. The highest BCUT2D eigenvalue weighted by Crippen LogP contribution is 2.41. The largest absolute Gasteiger partial charge is 0.465 e. The Kier molecular flexibility index (Phi) is 3.03. The molecule has 0 unspecified atom stereocenters. The first-order valence-electron chi connectivity index (χ1n) is 5.77. The summed E-state index contributed by atoms with van der Waals surface area (Å²) in [6, 6.07) is 0. The molecule has 1 amide bonds. The van der Waals surface area contributed by atoms with Gasteiger partial charge in [0.1, 0.15) is 6.61 Å². The lowest BCUT2D eigenvalue weighted by Crippen LogP contribution is -2.56. The van der Waals surface area contributed by atoms with E-state index in [9.17, 15) is 9.59 Å². The topological polar surface area (TPSA) is 64.6 Å². The molecule has 1 aliphatic carbocycles. The standard InChI is InChI=1S/C11H17NO4/c1-2-3-4-15-9(13)8-5-11(6-8)7-16-10(14)12-11/h8H,2-7H2,1H3,(H,12,14). The zero-order valence-electron chi connectivity index (χ0n) is 9.45. The Morgan fingerprint density at radius 3 is 2.94 bits per heavy atom. The molecule has 0 aromatic rings. The van der Waals surface area contributed by atoms with Gasteiger partial charge in [0.25, 0.3) is 0 Å². The third-order valence-corrected chi connectivity index (χ3v) is 3.20. The molecule has 5 heteroatoms. The minimum absolute atomic E-state index is 0.0705. The second-order valence-corrected chi connectivity index (χ2v) is 4.61. The predicted octanol–water partition coefficient (Wildman–Crippen LogP) is 1.22. The third-order valence-electron chi connectivity index (χ3n) is 3.20. The highest BCUT2D eigenvalue weighted by Gasteiger charge is 2.53. The molecule has 90 valence electrons. The van der Waals surface area contributed by atoms with E-state index in [1.807, 2.05) is 0 Å². The number of esters is 1. The molecule has 2 fully saturated rings. The minimum Gasteiger partial charge on any atom is -0.465 e. The number of rotatable bonds is 4. The molecule has 2 rings (SSSR count). The average molecular weight is 227 g/mol. The Bertz CT molecular complexity index is 296. The van der Waals surface area contributed by atoms with E-state index in [1.165, 1.54) is 0 Å². The maximum absolute atomic E-state index is 11.5. The van der Waals surface area contributed by atoms with Gasteiger partial charge in [-0.15, -0.1) is 0 Å². The Balaban J connectivity index is 1.71. The van der Waals surface area contributed by atoms with Crippen LogP contribution in [0.5, 0.6) is 0 Å². The first-order valence-corrected chi connectivity index (χ1v) is 5.77. The van der Waals surface area contributed by atoms with Crippen molar-refractivity contribution in [3.63, 3.8) is 0 Å². The Morgan fingerprint density at radius 2 is 2.38 bits per heavy atom. The van der Waals surface area contributed by atoms with Crippen molar-refractivity contribution in [2.75, 3.05) is 13.2 Å². The fourth-order valence-electron chi connectivity index (χ4n) is 2.20. The van der Waals surface area contributed by atoms with Crippen LogP contribution in [0.1, 0.15) is 32.6 Å². The average Bonchev–Trinajstić information content (AvgIpc) is 2.58. The summed E-state index contributed by atoms with van der Waals surface area (Å²) in [5.74, 6) is -0.209. The molecule has 5 nitrogen and oxygen atoms in total. The van der Waals surface area contributed by atoms with Crippen molar-refractivity contribution in [3.8, 4) is 0 Å². The number of hydrogen-bond donors (Lipinski definition) is 1. The van der Waals surface area contributed by atoms with E-state index in [0.717, 1.165) is 12.8 Å². The molecular formula is C11H17NO4. The SMILES string of the molecule is CCCCOC(=O)C1CC2(COC(=O)N2)C1. The van der Waals surface area contributed by atoms with Crippen molar-refractivity contribution in [2.45, 2.75) is 38.1 Å². The summed E-state index contributed by atoms with van der Waals surface area (Å²) >= 11 is 0. The number of amides is 1. The van der Waals surface area contributed by atoms with Crippen molar-refractivity contribution in [3.05, 3.63) is 0 Å². The molecule has 0 radical (unpaired) electrons. The fourth-order valence-corrected chi connectivity index (χ4v) is 2.20. The summed E-state index contributed by atoms with van der Waals surface area (Å²) in [5.41, 5.74) is -0.286. The van der Waals surface area contributed by atoms with E-state index in [4.69, 9.17) is 9.47 Å². The number of carbonyl (C=O) groups excluding carboxylic acids is 2. The number of carbonyl (C=O) groups is 2. The molecule has 0 aromatic carbocycles. The molecule has 1 heterocycles. The van der Waals surface area contributed by atoms with Gasteiger partial charge in [0.2, 0.25) is 0 Å². The lowest BCUT2D eigenvalue weighted by atomic mass is 9.69. The number of alkyl carbamates (subject to hydrolysis) is 1. The van der Waals surface area contributed by atoms with Crippen molar-refractivity contribution in [1.82, 2.24) is 5.32 Å². The molecule has 1 aliphatic heterocycles. The van der Waals surface area contributed by atoms with Crippen molar-refractivity contribution >= 4 is 12.1 Å². The van der Waals surface area contributed by atoms with Crippen LogP contribution in [0.3, 0.4) is 0 Å². The summed E-state index contributed by atoms with van der Waals surface area (Å²) in [6.45, 7) is 2.93. The van der Waals surface area contributed by atoms with Gasteiger partial charge in [-0.3, -0.25) is 4.79 Å². The summed E-state index contributed by atoms with van der Waals surface area (Å²) in [6.07, 6.45) is 2.83. The Morgan fingerprint density at radius 1 is 1.62 bits per heavy atom. The van der Waals surface area contributed by atoms with E-state index in [2.05, 4.69) is 12.2 Å². The number of cyclic esters (lactones) is 1. The molecule has 1 saturated heterocycles. The number of hydrogen-bond acceptors (Lipinski definition) is 4. The molecule has 1 spiro atoms. The Labute approximate surface area is 94.5 Å². The third kappa shape index (κ3) is 2.13. The molecule has 0 aromatic heterocycles. The fraction of sp³-hybridized carbons (Fsp3) is 0.818. The van der Waals surface area contributed by atoms with E-state index in [0.29, 0.717) is 26.1 Å². The molecule has 1 N–H and O–H groups in total. The van der Waals surface area contributed by atoms with Crippen LogP contribution in [0.2, 0.25) is 0 Å². The second-order valence-electron chi connectivity index (χ2n) is 4.61. The van der Waals surface area contributed by atoms with Crippen LogP contribution in [0.4, 0.5) is 4.79 Å². The van der Waals surface area contributed by atoms with Gasteiger partial charge in [0.15, 0.2) is 0 Å². The van der Waals surface area contributed by atoms with Gasteiger partial charge in [-0.1, -0.05) is 13.3 Å². The summed E-state index contributed by atoms with van der Waals surface area (Å²) in [4.78, 5) is 22.4. The van der Waals surface area contributed by atoms with Crippen LogP contribution >= 0.6 is 0 Å². The number of nitrogens with one attached hydrogen (secondary N) is 1. The first kappa shape index (κ1) is 11.2. The van der Waals surface area contributed by atoms with Gasteiger partial charge < -0.3 is 14.8 Å². The summed E-state index contributed by atoms with van der Waals surface area (Å²) in [7, 11) is 0.